The fraction of sp³-hybridized carbons (Fsp3) is 0.304. The molecule has 2 aromatic carbocycles. The number of benzene rings is 2. The summed E-state index contributed by atoms with van der Waals surface area (Å²) in [5.74, 6) is 0.789. The van der Waals surface area contributed by atoms with Crippen molar-refractivity contribution in [3.05, 3.63) is 72.1 Å². The highest BCUT2D eigenvalue weighted by atomic mass is 35.5. The molecular weight excluding hydrogens is 400 g/mol. The lowest BCUT2D eigenvalue weighted by Gasteiger charge is -2.24. The molecule has 0 unspecified atom stereocenters. The van der Waals surface area contributed by atoms with E-state index in [-0.39, 0.29) is 24.2 Å². The van der Waals surface area contributed by atoms with Crippen LogP contribution in [0.25, 0.3) is 5.69 Å². The number of piperidine rings is 1. The summed E-state index contributed by atoms with van der Waals surface area (Å²) in [6, 6.07) is 17.5. The van der Waals surface area contributed by atoms with E-state index in [1.807, 2.05) is 66.2 Å². The highest BCUT2D eigenvalue weighted by Crippen LogP contribution is 2.31. The second kappa shape index (κ2) is 10.3. The SMILES string of the molecule is CCOc1ccccc1NC(=O)c1cnn(-c2ccccc2)c1C1CCNCC1.Cl. The van der Waals surface area contributed by atoms with Gasteiger partial charge in [-0.3, -0.25) is 4.79 Å². The minimum atomic E-state index is -0.159. The standard InChI is InChI=1S/C23H26N4O2.ClH/c1-2-29-21-11-7-6-10-20(21)26-23(28)19-16-25-27(18-8-4-3-5-9-18)22(19)17-12-14-24-15-13-17;/h3-11,16-17,24H,2,12-15H2,1H3,(H,26,28);1H. The number of hydrogen-bond acceptors (Lipinski definition) is 4. The van der Waals surface area contributed by atoms with Crippen molar-refractivity contribution in [3.8, 4) is 11.4 Å². The Morgan fingerprint density at radius 2 is 1.83 bits per heavy atom. The summed E-state index contributed by atoms with van der Waals surface area (Å²) < 4.78 is 7.57. The Labute approximate surface area is 183 Å². The van der Waals surface area contributed by atoms with Crippen LogP contribution >= 0.6 is 12.4 Å². The maximum atomic E-state index is 13.2. The van der Waals surface area contributed by atoms with Crippen molar-refractivity contribution >= 4 is 24.0 Å². The number of ether oxygens (including phenoxy) is 1. The van der Waals surface area contributed by atoms with Crippen molar-refractivity contribution in [2.75, 3.05) is 25.0 Å². The Balaban J connectivity index is 0.00000256. The molecule has 0 spiro atoms. The zero-order valence-corrected chi connectivity index (χ0v) is 17.8. The van der Waals surface area contributed by atoms with E-state index in [1.165, 1.54) is 0 Å². The van der Waals surface area contributed by atoms with E-state index in [4.69, 9.17) is 4.74 Å². The number of carbonyl (C=O) groups excluding carboxylic acids is 1. The van der Waals surface area contributed by atoms with Gasteiger partial charge in [0.05, 0.1) is 35.4 Å². The molecule has 0 saturated carbocycles. The van der Waals surface area contributed by atoms with Gasteiger partial charge in [0.15, 0.2) is 0 Å². The summed E-state index contributed by atoms with van der Waals surface area (Å²) >= 11 is 0. The molecule has 1 aliphatic heterocycles. The predicted molar refractivity (Wildman–Crippen MR) is 121 cm³/mol. The lowest BCUT2D eigenvalue weighted by molar-refractivity contribution is 0.102. The Hall–Kier alpha value is -2.83. The first-order valence-corrected chi connectivity index (χ1v) is 10.1. The van der Waals surface area contributed by atoms with Gasteiger partial charge in [0, 0.05) is 5.92 Å². The van der Waals surface area contributed by atoms with Gasteiger partial charge in [-0.2, -0.15) is 5.10 Å². The van der Waals surface area contributed by atoms with Crippen molar-refractivity contribution in [1.82, 2.24) is 15.1 Å². The first-order chi connectivity index (χ1) is 14.3. The molecule has 6 nitrogen and oxygen atoms in total. The van der Waals surface area contributed by atoms with Gasteiger partial charge in [0.1, 0.15) is 5.75 Å². The largest absolute Gasteiger partial charge is 0.492 e. The van der Waals surface area contributed by atoms with Gasteiger partial charge in [-0.15, -0.1) is 12.4 Å². The number of halogens is 1. The predicted octanol–water partition coefficient (Wildman–Crippen LogP) is 4.41. The van der Waals surface area contributed by atoms with Crippen LogP contribution in [0.15, 0.2) is 60.8 Å². The molecule has 1 aliphatic rings. The number of aromatic nitrogens is 2. The van der Waals surface area contributed by atoms with E-state index in [0.717, 1.165) is 37.3 Å². The number of rotatable bonds is 6. The van der Waals surface area contributed by atoms with Crippen molar-refractivity contribution in [2.24, 2.45) is 0 Å². The maximum Gasteiger partial charge on any atom is 0.259 e. The van der Waals surface area contributed by atoms with Gasteiger partial charge < -0.3 is 15.4 Å². The second-order valence-electron chi connectivity index (χ2n) is 7.10. The molecule has 3 aromatic rings. The monoisotopic (exact) mass is 426 g/mol. The number of anilines is 1. The van der Waals surface area contributed by atoms with E-state index in [2.05, 4.69) is 15.7 Å². The molecule has 2 heterocycles. The average molecular weight is 427 g/mol. The molecule has 4 rings (SSSR count). The van der Waals surface area contributed by atoms with Crippen LogP contribution in [-0.4, -0.2) is 35.4 Å². The fourth-order valence-electron chi connectivity index (χ4n) is 3.84. The zero-order chi connectivity index (χ0) is 20.1. The number of nitrogens with zero attached hydrogens (tertiary/aromatic N) is 2. The molecule has 30 heavy (non-hydrogen) atoms. The van der Waals surface area contributed by atoms with Gasteiger partial charge in [-0.05, 0) is 57.1 Å². The fourth-order valence-corrected chi connectivity index (χ4v) is 3.84. The van der Waals surface area contributed by atoms with Gasteiger partial charge in [-0.25, -0.2) is 4.68 Å². The molecule has 1 fully saturated rings. The van der Waals surface area contributed by atoms with Crippen LogP contribution in [0, 0.1) is 0 Å². The normalized spacial score (nSPS) is 14.0. The van der Waals surface area contributed by atoms with E-state index in [0.29, 0.717) is 23.6 Å². The van der Waals surface area contributed by atoms with Gasteiger partial charge in [0.25, 0.3) is 5.91 Å². The molecule has 0 atom stereocenters. The van der Waals surface area contributed by atoms with Crippen molar-refractivity contribution in [3.63, 3.8) is 0 Å². The van der Waals surface area contributed by atoms with E-state index in [1.54, 1.807) is 6.20 Å². The summed E-state index contributed by atoms with van der Waals surface area (Å²) in [4.78, 5) is 13.2. The van der Waals surface area contributed by atoms with Crippen LogP contribution in [0.5, 0.6) is 5.75 Å². The number of para-hydroxylation sites is 3. The molecule has 7 heteroatoms. The van der Waals surface area contributed by atoms with Crippen LogP contribution in [0.1, 0.15) is 41.7 Å². The minimum Gasteiger partial charge on any atom is -0.492 e. The first kappa shape index (κ1) is 21.9. The Morgan fingerprint density at radius 1 is 1.13 bits per heavy atom. The molecule has 1 amide bonds. The number of nitrogens with one attached hydrogen (secondary N) is 2. The van der Waals surface area contributed by atoms with Gasteiger partial charge >= 0.3 is 0 Å². The first-order valence-electron chi connectivity index (χ1n) is 10.1. The van der Waals surface area contributed by atoms with Crippen LogP contribution in [0.4, 0.5) is 5.69 Å². The second-order valence-corrected chi connectivity index (χ2v) is 7.10. The summed E-state index contributed by atoms with van der Waals surface area (Å²) in [7, 11) is 0. The Bertz CT molecular complexity index is 968. The minimum absolute atomic E-state index is 0. The molecule has 0 aliphatic carbocycles. The maximum absolute atomic E-state index is 13.2. The van der Waals surface area contributed by atoms with Crippen LogP contribution in [-0.2, 0) is 0 Å². The van der Waals surface area contributed by atoms with Crippen molar-refractivity contribution < 1.29 is 9.53 Å². The zero-order valence-electron chi connectivity index (χ0n) is 17.0. The van der Waals surface area contributed by atoms with E-state index in [9.17, 15) is 4.79 Å². The Kier molecular flexibility index (Phi) is 7.49. The number of hydrogen-bond donors (Lipinski definition) is 2. The van der Waals surface area contributed by atoms with Crippen molar-refractivity contribution in [1.29, 1.82) is 0 Å². The third-order valence-corrected chi connectivity index (χ3v) is 5.21. The molecule has 0 radical (unpaired) electrons. The number of amides is 1. The smallest absolute Gasteiger partial charge is 0.259 e. The van der Waals surface area contributed by atoms with Crippen molar-refractivity contribution in [2.45, 2.75) is 25.7 Å². The third kappa shape index (κ3) is 4.66. The van der Waals surface area contributed by atoms with Gasteiger partial charge in [0.2, 0.25) is 0 Å². The van der Waals surface area contributed by atoms with Crippen LogP contribution in [0.2, 0.25) is 0 Å². The Morgan fingerprint density at radius 3 is 2.57 bits per heavy atom. The molecule has 1 aromatic heterocycles. The molecule has 158 valence electrons. The topological polar surface area (TPSA) is 68.2 Å². The van der Waals surface area contributed by atoms with Gasteiger partial charge in [-0.1, -0.05) is 30.3 Å². The van der Waals surface area contributed by atoms with E-state index < -0.39 is 0 Å². The molecular formula is C23H27ClN4O2. The lowest BCUT2D eigenvalue weighted by atomic mass is 9.91. The summed E-state index contributed by atoms with van der Waals surface area (Å²) in [6.45, 7) is 4.36. The highest BCUT2D eigenvalue weighted by molar-refractivity contribution is 6.05. The summed E-state index contributed by atoms with van der Waals surface area (Å²) in [5.41, 5.74) is 3.23. The van der Waals surface area contributed by atoms with Crippen LogP contribution in [0.3, 0.4) is 0 Å². The van der Waals surface area contributed by atoms with E-state index >= 15 is 0 Å². The highest BCUT2D eigenvalue weighted by Gasteiger charge is 2.27. The average Bonchev–Trinajstić information content (AvgIpc) is 3.22. The molecule has 2 N–H and O–H groups in total. The number of carbonyl (C=O) groups is 1. The van der Waals surface area contributed by atoms with Crippen LogP contribution < -0.4 is 15.4 Å². The quantitative estimate of drug-likeness (QED) is 0.612. The third-order valence-electron chi connectivity index (χ3n) is 5.21. The summed E-state index contributed by atoms with van der Waals surface area (Å²) in [5, 5.41) is 11.0. The lowest BCUT2D eigenvalue weighted by Crippen LogP contribution is -2.29. The molecule has 1 saturated heterocycles. The molecule has 0 bridgehead atoms. The summed E-state index contributed by atoms with van der Waals surface area (Å²) in [6.07, 6.45) is 3.64.